The fraction of sp³-hybridized carbons (Fsp3) is 0.545. The van der Waals surface area contributed by atoms with E-state index in [1.165, 1.54) is 18.5 Å². The molecular weight excluding hydrogens is 196 g/mol. The van der Waals surface area contributed by atoms with Gasteiger partial charge in [-0.05, 0) is 25.0 Å². The molecule has 0 saturated heterocycles. The molecule has 0 spiro atoms. The zero-order chi connectivity index (χ0) is 10.2. The molecule has 0 fully saturated rings. The molecule has 0 bridgehead atoms. The van der Waals surface area contributed by atoms with Crippen LogP contribution in [-0.2, 0) is 0 Å². The maximum Gasteiger partial charge on any atom is 0.0394 e. The molecule has 1 heterocycles. The number of unbranched alkanes of at least 4 members (excludes halogenated alkanes) is 2. The molecule has 2 nitrogen and oxygen atoms in total. The highest BCUT2D eigenvalue weighted by Gasteiger charge is 1.98. The van der Waals surface area contributed by atoms with Gasteiger partial charge in [-0.3, -0.25) is 4.98 Å². The summed E-state index contributed by atoms with van der Waals surface area (Å²) in [4.78, 5) is 6.24. The van der Waals surface area contributed by atoms with Crippen LogP contribution < -0.4 is 4.90 Å². The van der Waals surface area contributed by atoms with Crippen molar-refractivity contribution < 1.29 is 0 Å². The first-order valence-corrected chi connectivity index (χ1v) is 5.55. The number of rotatable bonds is 6. The van der Waals surface area contributed by atoms with Crippen molar-refractivity contribution in [2.75, 3.05) is 24.4 Å². The van der Waals surface area contributed by atoms with E-state index < -0.39 is 0 Å². The van der Waals surface area contributed by atoms with Crippen molar-refractivity contribution >= 4 is 17.3 Å². The Labute approximate surface area is 90.9 Å². The minimum atomic E-state index is 0.777. The Morgan fingerprint density at radius 3 is 2.57 bits per heavy atom. The van der Waals surface area contributed by atoms with Crippen LogP contribution in [0.1, 0.15) is 19.3 Å². The monoisotopic (exact) mass is 212 g/mol. The van der Waals surface area contributed by atoms with Crippen LogP contribution in [0, 0.1) is 0 Å². The molecule has 0 aliphatic rings. The Morgan fingerprint density at radius 2 is 1.93 bits per heavy atom. The lowest BCUT2D eigenvalue weighted by atomic mass is 10.2. The molecule has 0 radical (unpaired) electrons. The van der Waals surface area contributed by atoms with Gasteiger partial charge >= 0.3 is 0 Å². The number of nitrogens with zero attached hydrogens (tertiary/aromatic N) is 2. The Balaban J connectivity index is 2.25. The molecule has 0 aliphatic carbocycles. The van der Waals surface area contributed by atoms with Crippen LogP contribution in [0.15, 0.2) is 24.5 Å². The van der Waals surface area contributed by atoms with Gasteiger partial charge in [0.15, 0.2) is 0 Å². The highest BCUT2D eigenvalue weighted by atomic mass is 35.5. The van der Waals surface area contributed by atoms with E-state index >= 15 is 0 Å². The normalized spacial score (nSPS) is 10.1. The average molecular weight is 213 g/mol. The fourth-order valence-electron chi connectivity index (χ4n) is 1.35. The van der Waals surface area contributed by atoms with Crippen molar-refractivity contribution in [3.8, 4) is 0 Å². The summed E-state index contributed by atoms with van der Waals surface area (Å²) in [6.07, 6.45) is 7.17. The van der Waals surface area contributed by atoms with Crippen LogP contribution in [0.4, 0.5) is 5.69 Å². The Kier molecular flexibility index (Phi) is 5.38. The fourth-order valence-corrected chi connectivity index (χ4v) is 1.54. The standard InChI is InChI=1S/C11H17ClN2/c1-14(10-4-2-3-7-12)11-5-8-13-9-6-11/h5-6,8-9H,2-4,7,10H2,1H3. The number of hydrogen-bond donors (Lipinski definition) is 0. The van der Waals surface area contributed by atoms with Gasteiger partial charge in [-0.2, -0.15) is 0 Å². The topological polar surface area (TPSA) is 16.1 Å². The summed E-state index contributed by atoms with van der Waals surface area (Å²) in [5.41, 5.74) is 1.23. The average Bonchev–Trinajstić information content (AvgIpc) is 2.25. The molecule has 0 aliphatic heterocycles. The minimum Gasteiger partial charge on any atom is -0.375 e. The predicted molar refractivity (Wildman–Crippen MR) is 62.1 cm³/mol. The van der Waals surface area contributed by atoms with Crippen LogP contribution >= 0.6 is 11.6 Å². The smallest absolute Gasteiger partial charge is 0.0394 e. The number of hydrogen-bond acceptors (Lipinski definition) is 2. The third kappa shape index (κ3) is 3.97. The maximum absolute atomic E-state index is 5.61. The molecular formula is C11H17ClN2. The summed E-state index contributed by atoms with van der Waals surface area (Å²) >= 11 is 5.61. The lowest BCUT2D eigenvalue weighted by Crippen LogP contribution is -2.18. The molecule has 14 heavy (non-hydrogen) atoms. The van der Waals surface area contributed by atoms with Crippen LogP contribution in [0.25, 0.3) is 0 Å². The van der Waals surface area contributed by atoms with E-state index in [4.69, 9.17) is 11.6 Å². The first-order chi connectivity index (χ1) is 6.84. The molecule has 0 atom stereocenters. The lowest BCUT2D eigenvalue weighted by molar-refractivity contribution is 0.707. The zero-order valence-electron chi connectivity index (χ0n) is 8.62. The maximum atomic E-state index is 5.61. The van der Waals surface area contributed by atoms with E-state index in [0.717, 1.165) is 18.8 Å². The number of pyridine rings is 1. The highest BCUT2D eigenvalue weighted by molar-refractivity contribution is 6.17. The van der Waals surface area contributed by atoms with E-state index in [2.05, 4.69) is 16.9 Å². The first-order valence-electron chi connectivity index (χ1n) is 5.01. The highest BCUT2D eigenvalue weighted by Crippen LogP contribution is 2.10. The van der Waals surface area contributed by atoms with Crippen LogP contribution in [0.3, 0.4) is 0 Å². The number of halogens is 1. The van der Waals surface area contributed by atoms with Crippen molar-refractivity contribution in [1.29, 1.82) is 0 Å². The van der Waals surface area contributed by atoms with E-state index in [0.29, 0.717) is 0 Å². The van der Waals surface area contributed by atoms with Gasteiger partial charge in [0.05, 0.1) is 0 Å². The Hall–Kier alpha value is -0.760. The van der Waals surface area contributed by atoms with Gasteiger partial charge in [0.2, 0.25) is 0 Å². The molecule has 0 N–H and O–H groups in total. The Morgan fingerprint density at radius 1 is 1.21 bits per heavy atom. The van der Waals surface area contributed by atoms with Crippen molar-refractivity contribution in [1.82, 2.24) is 4.98 Å². The molecule has 3 heteroatoms. The Bertz CT molecular complexity index is 238. The summed E-state index contributed by atoms with van der Waals surface area (Å²) < 4.78 is 0. The van der Waals surface area contributed by atoms with Crippen molar-refractivity contribution in [3.05, 3.63) is 24.5 Å². The second kappa shape index (κ2) is 6.66. The van der Waals surface area contributed by atoms with Gasteiger partial charge in [-0.25, -0.2) is 0 Å². The third-order valence-corrected chi connectivity index (χ3v) is 2.50. The van der Waals surface area contributed by atoms with Crippen molar-refractivity contribution in [2.45, 2.75) is 19.3 Å². The molecule has 0 unspecified atom stereocenters. The second-order valence-electron chi connectivity index (χ2n) is 3.38. The predicted octanol–water partition coefficient (Wildman–Crippen LogP) is 2.93. The molecule has 0 amide bonds. The summed E-state index contributed by atoms with van der Waals surface area (Å²) in [7, 11) is 2.11. The summed E-state index contributed by atoms with van der Waals surface area (Å²) in [6, 6.07) is 4.06. The third-order valence-electron chi connectivity index (χ3n) is 2.23. The molecule has 0 aromatic carbocycles. The van der Waals surface area contributed by atoms with E-state index in [-0.39, 0.29) is 0 Å². The molecule has 78 valence electrons. The quantitative estimate of drug-likeness (QED) is 0.533. The summed E-state index contributed by atoms with van der Waals surface area (Å²) in [5, 5.41) is 0. The summed E-state index contributed by atoms with van der Waals surface area (Å²) in [6.45, 7) is 1.08. The van der Waals surface area contributed by atoms with E-state index in [9.17, 15) is 0 Å². The van der Waals surface area contributed by atoms with Crippen molar-refractivity contribution in [3.63, 3.8) is 0 Å². The van der Waals surface area contributed by atoms with Gasteiger partial charge < -0.3 is 4.90 Å². The molecule has 1 rings (SSSR count). The van der Waals surface area contributed by atoms with Crippen LogP contribution in [0.5, 0.6) is 0 Å². The van der Waals surface area contributed by atoms with Crippen LogP contribution in [0.2, 0.25) is 0 Å². The zero-order valence-corrected chi connectivity index (χ0v) is 9.37. The largest absolute Gasteiger partial charge is 0.375 e. The number of alkyl halides is 1. The summed E-state index contributed by atoms with van der Waals surface area (Å²) in [5.74, 6) is 0.777. The molecule has 0 saturated carbocycles. The number of aromatic nitrogens is 1. The van der Waals surface area contributed by atoms with Crippen LogP contribution in [-0.4, -0.2) is 24.5 Å². The van der Waals surface area contributed by atoms with Gasteiger partial charge in [0, 0.05) is 37.6 Å². The van der Waals surface area contributed by atoms with Gasteiger partial charge in [0.25, 0.3) is 0 Å². The SMILES string of the molecule is CN(CCCCCCl)c1ccncc1. The second-order valence-corrected chi connectivity index (χ2v) is 3.75. The first kappa shape index (κ1) is 11.3. The molecule has 1 aromatic heterocycles. The van der Waals surface area contributed by atoms with Crippen molar-refractivity contribution in [2.24, 2.45) is 0 Å². The minimum absolute atomic E-state index is 0.777. The number of anilines is 1. The van der Waals surface area contributed by atoms with E-state index in [1.807, 2.05) is 24.5 Å². The van der Waals surface area contributed by atoms with Gasteiger partial charge in [0.1, 0.15) is 0 Å². The van der Waals surface area contributed by atoms with Gasteiger partial charge in [-0.15, -0.1) is 11.6 Å². The molecule has 1 aromatic rings. The van der Waals surface area contributed by atoms with E-state index in [1.54, 1.807) is 0 Å². The lowest BCUT2D eigenvalue weighted by Gasteiger charge is -2.18. The van der Waals surface area contributed by atoms with Gasteiger partial charge in [-0.1, -0.05) is 6.42 Å².